The summed E-state index contributed by atoms with van der Waals surface area (Å²) in [6, 6.07) is 12.9. The molecule has 4 rings (SSSR count). The molecule has 2 fully saturated rings. The van der Waals surface area contributed by atoms with Crippen LogP contribution in [0.25, 0.3) is 0 Å². The van der Waals surface area contributed by atoms with Gasteiger partial charge in [-0.3, -0.25) is 4.79 Å². The molecule has 0 aromatic heterocycles. The lowest BCUT2D eigenvalue weighted by molar-refractivity contribution is -0.120. The Labute approximate surface area is 208 Å². The Kier molecular flexibility index (Phi) is 7.95. The van der Waals surface area contributed by atoms with Crippen LogP contribution in [0.1, 0.15) is 44.1 Å². The molecule has 35 heavy (non-hydrogen) atoms. The topological polar surface area (TPSA) is 104 Å². The second kappa shape index (κ2) is 10.8. The Morgan fingerprint density at radius 1 is 0.743 bits per heavy atom. The number of sulfonamides is 2. The summed E-state index contributed by atoms with van der Waals surface area (Å²) in [6.07, 6.45) is 5.00. The van der Waals surface area contributed by atoms with E-state index in [0.29, 0.717) is 38.2 Å². The number of hydrogen-bond donors (Lipinski definition) is 1. The van der Waals surface area contributed by atoms with Crippen LogP contribution in [0.2, 0.25) is 0 Å². The van der Waals surface area contributed by atoms with E-state index in [0.717, 1.165) is 31.2 Å². The van der Waals surface area contributed by atoms with Crippen molar-refractivity contribution in [2.24, 2.45) is 5.92 Å². The van der Waals surface area contributed by atoms with Gasteiger partial charge in [-0.05, 0) is 69.0 Å². The lowest BCUT2D eigenvalue weighted by Crippen LogP contribution is -2.43. The second-order valence-electron chi connectivity index (χ2n) is 9.35. The molecule has 1 atom stereocenters. The molecule has 190 valence electrons. The molecule has 2 aliphatic heterocycles. The normalized spacial score (nSPS) is 20.8. The number of nitrogens with one attached hydrogen (secondary N) is 1. The molecule has 2 aromatic carbocycles. The monoisotopic (exact) mass is 519 g/mol. The minimum atomic E-state index is -3.67. The third kappa shape index (κ3) is 5.94. The standard InChI is InChI=1S/C25H33N3O5S2/c1-20-8-12-23(13-9-20)35(32,33)28-18-6-7-21(19-28)25(29)26-22-10-14-24(15-11-22)34(30,31)27-16-4-2-3-5-17-27/h8-15,21H,2-7,16-19H2,1H3,(H,26,29). The molecule has 2 aromatic rings. The number of anilines is 1. The van der Waals surface area contributed by atoms with Crippen LogP contribution in [-0.4, -0.2) is 57.5 Å². The third-order valence-electron chi connectivity index (χ3n) is 6.74. The van der Waals surface area contributed by atoms with Crippen LogP contribution < -0.4 is 5.32 Å². The van der Waals surface area contributed by atoms with Gasteiger partial charge in [-0.15, -0.1) is 0 Å². The predicted molar refractivity (Wildman–Crippen MR) is 135 cm³/mol. The molecule has 2 aliphatic rings. The predicted octanol–water partition coefficient (Wildman–Crippen LogP) is 3.60. The van der Waals surface area contributed by atoms with Gasteiger partial charge in [-0.2, -0.15) is 8.61 Å². The van der Waals surface area contributed by atoms with Gasteiger partial charge in [0.2, 0.25) is 26.0 Å². The summed E-state index contributed by atoms with van der Waals surface area (Å²) < 4.78 is 54.9. The van der Waals surface area contributed by atoms with Crippen molar-refractivity contribution in [3.05, 3.63) is 54.1 Å². The first-order chi connectivity index (χ1) is 16.7. The minimum Gasteiger partial charge on any atom is -0.326 e. The lowest BCUT2D eigenvalue weighted by atomic mass is 9.99. The minimum absolute atomic E-state index is 0.115. The largest absolute Gasteiger partial charge is 0.326 e. The lowest BCUT2D eigenvalue weighted by Gasteiger charge is -2.31. The van der Waals surface area contributed by atoms with Crippen molar-refractivity contribution in [3.63, 3.8) is 0 Å². The molecule has 0 saturated carbocycles. The van der Waals surface area contributed by atoms with Gasteiger partial charge < -0.3 is 5.32 Å². The van der Waals surface area contributed by atoms with E-state index in [-0.39, 0.29) is 22.2 Å². The molecule has 0 bridgehead atoms. The summed E-state index contributed by atoms with van der Waals surface area (Å²) in [5.41, 5.74) is 1.47. The van der Waals surface area contributed by atoms with E-state index in [1.165, 1.54) is 16.4 Å². The zero-order valence-electron chi connectivity index (χ0n) is 20.0. The molecule has 0 radical (unpaired) electrons. The highest BCUT2D eigenvalue weighted by Crippen LogP contribution is 2.26. The van der Waals surface area contributed by atoms with Crippen LogP contribution in [0.3, 0.4) is 0 Å². The number of rotatable bonds is 6. The maximum Gasteiger partial charge on any atom is 0.243 e. The molecule has 2 saturated heterocycles. The first-order valence-electron chi connectivity index (χ1n) is 12.2. The zero-order valence-corrected chi connectivity index (χ0v) is 21.7. The Morgan fingerprint density at radius 2 is 1.26 bits per heavy atom. The molecule has 0 aliphatic carbocycles. The second-order valence-corrected chi connectivity index (χ2v) is 13.2. The molecule has 8 nitrogen and oxygen atoms in total. The number of hydrogen-bond acceptors (Lipinski definition) is 5. The van der Waals surface area contributed by atoms with Crippen LogP contribution in [0.4, 0.5) is 5.69 Å². The van der Waals surface area contributed by atoms with Gasteiger partial charge in [0.05, 0.1) is 15.7 Å². The van der Waals surface area contributed by atoms with Gasteiger partial charge in [0, 0.05) is 31.9 Å². The van der Waals surface area contributed by atoms with Crippen molar-refractivity contribution in [1.29, 1.82) is 0 Å². The van der Waals surface area contributed by atoms with Crippen molar-refractivity contribution >= 4 is 31.6 Å². The maximum atomic E-state index is 13.0. The van der Waals surface area contributed by atoms with Crippen LogP contribution in [0.15, 0.2) is 58.3 Å². The Hall–Kier alpha value is -2.27. The Bertz CT molecular complexity index is 1240. The summed E-state index contributed by atoms with van der Waals surface area (Å²) in [7, 11) is -7.23. The molecule has 1 amide bonds. The highest BCUT2D eigenvalue weighted by atomic mass is 32.2. The third-order valence-corrected chi connectivity index (χ3v) is 10.5. The molecular formula is C25H33N3O5S2. The van der Waals surface area contributed by atoms with Crippen molar-refractivity contribution in [3.8, 4) is 0 Å². The fourth-order valence-electron chi connectivity index (χ4n) is 4.62. The fraction of sp³-hybridized carbons (Fsp3) is 0.480. The van der Waals surface area contributed by atoms with Crippen LogP contribution in [0.5, 0.6) is 0 Å². The molecule has 2 heterocycles. The van der Waals surface area contributed by atoms with Gasteiger partial charge in [0.1, 0.15) is 0 Å². The van der Waals surface area contributed by atoms with E-state index in [1.54, 1.807) is 40.7 Å². The first-order valence-corrected chi connectivity index (χ1v) is 15.0. The molecule has 1 unspecified atom stereocenters. The van der Waals surface area contributed by atoms with Crippen LogP contribution in [0, 0.1) is 12.8 Å². The van der Waals surface area contributed by atoms with E-state index in [2.05, 4.69) is 5.32 Å². The maximum absolute atomic E-state index is 13.0. The number of piperidine rings is 1. The van der Waals surface area contributed by atoms with Gasteiger partial charge in [0.15, 0.2) is 0 Å². The number of aryl methyl sites for hydroxylation is 1. The van der Waals surface area contributed by atoms with Gasteiger partial charge in [0.25, 0.3) is 0 Å². The van der Waals surface area contributed by atoms with Crippen LogP contribution in [-0.2, 0) is 24.8 Å². The number of amides is 1. The smallest absolute Gasteiger partial charge is 0.243 e. The number of carbonyl (C=O) groups is 1. The number of carbonyl (C=O) groups excluding carboxylic acids is 1. The summed E-state index contributed by atoms with van der Waals surface area (Å²) >= 11 is 0. The summed E-state index contributed by atoms with van der Waals surface area (Å²) in [6.45, 7) is 3.45. The summed E-state index contributed by atoms with van der Waals surface area (Å²) in [5.74, 6) is -0.749. The summed E-state index contributed by atoms with van der Waals surface area (Å²) in [4.78, 5) is 13.4. The van der Waals surface area contributed by atoms with E-state index in [1.807, 2.05) is 6.92 Å². The quantitative estimate of drug-likeness (QED) is 0.628. The van der Waals surface area contributed by atoms with Crippen molar-refractivity contribution in [1.82, 2.24) is 8.61 Å². The Morgan fingerprint density at radius 3 is 1.86 bits per heavy atom. The molecule has 0 spiro atoms. The first kappa shape index (κ1) is 25.8. The van der Waals surface area contributed by atoms with Crippen molar-refractivity contribution in [2.45, 2.75) is 55.2 Å². The highest BCUT2D eigenvalue weighted by Gasteiger charge is 2.33. The molecular weight excluding hydrogens is 486 g/mol. The van der Waals surface area contributed by atoms with E-state index in [9.17, 15) is 21.6 Å². The van der Waals surface area contributed by atoms with E-state index in [4.69, 9.17) is 0 Å². The fourth-order valence-corrected chi connectivity index (χ4v) is 7.66. The molecule has 10 heteroatoms. The average molecular weight is 520 g/mol. The summed E-state index contributed by atoms with van der Waals surface area (Å²) in [5, 5.41) is 2.83. The number of benzene rings is 2. The van der Waals surface area contributed by atoms with Crippen LogP contribution >= 0.6 is 0 Å². The SMILES string of the molecule is Cc1ccc(S(=O)(=O)N2CCCC(C(=O)Nc3ccc(S(=O)(=O)N4CCCCCC4)cc3)C2)cc1. The van der Waals surface area contributed by atoms with Gasteiger partial charge >= 0.3 is 0 Å². The van der Waals surface area contributed by atoms with E-state index >= 15 is 0 Å². The van der Waals surface area contributed by atoms with Gasteiger partial charge in [-0.1, -0.05) is 30.5 Å². The Balaban J connectivity index is 1.40. The zero-order chi connectivity index (χ0) is 25.1. The van der Waals surface area contributed by atoms with Crippen molar-refractivity contribution < 1.29 is 21.6 Å². The average Bonchev–Trinajstić information content (AvgIpc) is 3.15. The molecule has 1 N–H and O–H groups in total. The van der Waals surface area contributed by atoms with Gasteiger partial charge in [-0.25, -0.2) is 16.8 Å². The highest BCUT2D eigenvalue weighted by molar-refractivity contribution is 7.89. The van der Waals surface area contributed by atoms with E-state index < -0.39 is 26.0 Å². The number of nitrogens with zero attached hydrogens (tertiary/aromatic N) is 2. The van der Waals surface area contributed by atoms with Crippen molar-refractivity contribution in [2.75, 3.05) is 31.5 Å².